The fourth-order valence-corrected chi connectivity index (χ4v) is 5.58. The Morgan fingerprint density at radius 1 is 1.37 bits per heavy atom. The molecule has 6 nitrogen and oxygen atoms in total. The summed E-state index contributed by atoms with van der Waals surface area (Å²) in [6, 6.07) is 4.28. The number of aliphatic hydroxyl groups excluding tert-OH is 2. The zero-order valence-corrected chi connectivity index (χ0v) is 18.4. The minimum atomic E-state index is -1.18. The van der Waals surface area contributed by atoms with Crippen molar-refractivity contribution in [2.24, 2.45) is 0 Å². The molecule has 2 N–H and O–H groups in total. The van der Waals surface area contributed by atoms with E-state index in [0.717, 1.165) is 5.56 Å². The number of hydrogen-bond acceptors (Lipinski definition) is 7. The third kappa shape index (κ3) is 5.00. The summed E-state index contributed by atoms with van der Waals surface area (Å²) in [6.45, 7) is 3.30. The normalized spacial score (nSPS) is 26.5. The van der Waals surface area contributed by atoms with Crippen LogP contribution in [0.2, 0.25) is 5.02 Å². The van der Waals surface area contributed by atoms with E-state index in [9.17, 15) is 19.4 Å². The van der Waals surface area contributed by atoms with Crippen molar-refractivity contribution in [1.29, 1.82) is 0 Å². The van der Waals surface area contributed by atoms with Gasteiger partial charge in [0.05, 0.1) is 25.4 Å². The van der Waals surface area contributed by atoms with Crippen molar-refractivity contribution in [1.82, 2.24) is 0 Å². The lowest BCUT2D eigenvalue weighted by Crippen LogP contribution is -2.37. The molecule has 0 amide bonds. The average molecular weight is 461 g/mol. The number of thioether (sulfide) groups is 1. The maximum Gasteiger partial charge on any atom is 0.335 e. The predicted octanol–water partition coefficient (Wildman–Crippen LogP) is 3.39. The van der Waals surface area contributed by atoms with E-state index in [-0.39, 0.29) is 30.3 Å². The van der Waals surface area contributed by atoms with Gasteiger partial charge in [-0.2, -0.15) is 0 Å². The summed E-state index contributed by atoms with van der Waals surface area (Å²) in [5, 5.41) is 19.0. The van der Waals surface area contributed by atoms with Gasteiger partial charge in [0.1, 0.15) is 18.0 Å². The van der Waals surface area contributed by atoms with E-state index in [4.69, 9.17) is 25.8 Å². The third-order valence-electron chi connectivity index (χ3n) is 5.23. The standard InChI is InChI=1S/C21H26ClFO6S/c1-3-27-20(26)15-9-21(28-17(10-24)18(11-25)29-21)7-6-19(15)30-12(2)14-5-4-13(23)8-16(14)22/h4-5,8-9,12,17-19,24-25H,3,6-7,10-11H2,1-2H3/t12?,17-,18-,19?/m1/s1. The molecule has 2 aliphatic rings. The maximum atomic E-state index is 13.4. The molecule has 1 fully saturated rings. The van der Waals surface area contributed by atoms with Crippen LogP contribution in [0, 0.1) is 5.82 Å². The van der Waals surface area contributed by atoms with Crippen molar-refractivity contribution in [3.05, 3.63) is 46.3 Å². The zero-order valence-electron chi connectivity index (χ0n) is 16.8. The summed E-state index contributed by atoms with van der Waals surface area (Å²) >= 11 is 7.73. The largest absolute Gasteiger partial charge is 0.463 e. The van der Waals surface area contributed by atoms with Crippen LogP contribution in [-0.2, 0) is 19.0 Å². The molecule has 1 heterocycles. The molecule has 1 spiro atoms. The smallest absolute Gasteiger partial charge is 0.335 e. The second-order valence-corrected chi connectivity index (χ2v) is 9.24. The molecule has 0 aromatic heterocycles. The first-order valence-electron chi connectivity index (χ1n) is 9.90. The zero-order chi connectivity index (χ0) is 21.9. The highest BCUT2D eigenvalue weighted by Gasteiger charge is 2.49. The van der Waals surface area contributed by atoms with Crippen molar-refractivity contribution in [3.63, 3.8) is 0 Å². The van der Waals surface area contributed by atoms with Crippen LogP contribution in [0.15, 0.2) is 29.8 Å². The molecule has 166 valence electrons. The molecule has 1 aliphatic heterocycles. The number of ether oxygens (including phenoxy) is 3. The Morgan fingerprint density at radius 2 is 2.03 bits per heavy atom. The minimum Gasteiger partial charge on any atom is -0.463 e. The average Bonchev–Trinajstić information content (AvgIpc) is 3.07. The minimum absolute atomic E-state index is 0.101. The van der Waals surface area contributed by atoms with E-state index in [1.165, 1.54) is 23.9 Å². The van der Waals surface area contributed by atoms with Crippen LogP contribution in [0.5, 0.6) is 0 Å². The molecule has 0 bridgehead atoms. The van der Waals surface area contributed by atoms with Crippen LogP contribution >= 0.6 is 23.4 Å². The van der Waals surface area contributed by atoms with Crippen molar-refractivity contribution in [3.8, 4) is 0 Å². The summed E-state index contributed by atoms with van der Waals surface area (Å²) in [6.07, 6.45) is 1.27. The topological polar surface area (TPSA) is 85.2 Å². The number of halogens is 2. The molecule has 0 saturated carbocycles. The second-order valence-electron chi connectivity index (χ2n) is 7.28. The number of esters is 1. The Bertz CT molecular complexity index is 792. The fourth-order valence-electron chi connectivity index (χ4n) is 3.77. The number of hydrogen-bond donors (Lipinski definition) is 2. The summed E-state index contributed by atoms with van der Waals surface area (Å²) in [7, 11) is 0. The predicted molar refractivity (Wildman–Crippen MR) is 112 cm³/mol. The Labute approximate surface area is 184 Å². The van der Waals surface area contributed by atoms with Gasteiger partial charge in [0.25, 0.3) is 0 Å². The van der Waals surface area contributed by atoms with Gasteiger partial charge in [0.2, 0.25) is 0 Å². The lowest BCUT2D eigenvalue weighted by molar-refractivity contribution is -0.154. The molecule has 0 radical (unpaired) electrons. The Kier molecular flexibility index (Phi) is 7.81. The number of carbonyl (C=O) groups is 1. The van der Waals surface area contributed by atoms with E-state index < -0.39 is 29.8 Å². The molecule has 9 heteroatoms. The summed E-state index contributed by atoms with van der Waals surface area (Å²) in [5.74, 6) is -2.05. The van der Waals surface area contributed by atoms with Gasteiger partial charge < -0.3 is 24.4 Å². The van der Waals surface area contributed by atoms with E-state index in [2.05, 4.69) is 0 Å². The van der Waals surface area contributed by atoms with Crippen LogP contribution < -0.4 is 0 Å². The van der Waals surface area contributed by atoms with E-state index in [1.54, 1.807) is 19.1 Å². The highest BCUT2D eigenvalue weighted by molar-refractivity contribution is 8.00. The molecule has 4 atom stereocenters. The highest BCUT2D eigenvalue weighted by Crippen LogP contribution is 2.46. The number of aliphatic hydroxyl groups is 2. The second kappa shape index (κ2) is 9.97. The van der Waals surface area contributed by atoms with Gasteiger partial charge in [-0.05, 0) is 44.0 Å². The molecular weight excluding hydrogens is 435 g/mol. The van der Waals surface area contributed by atoms with Gasteiger partial charge in [-0.1, -0.05) is 17.7 Å². The molecule has 1 aromatic rings. The van der Waals surface area contributed by atoms with Gasteiger partial charge in [-0.3, -0.25) is 0 Å². The summed E-state index contributed by atoms with van der Waals surface area (Å²) < 4.78 is 30.4. The van der Waals surface area contributed by atoms with Crippen molar-refractivity contribution < 1.29 is 33.6 Å². The van der Waals surface area contributed by atoms with Gasteiger partial charge in [-0.15, -0.1) is 11.8 Å². The lowest BCUT2D eigenvalue weighted by Gasteiger charge is -2.34. The molecule has 30 heavy (non-hydrogen) atoms. The number of carbonyl (C=O) groups excluding carboxylic acids is 1. The fraction of sp³-hybridized carbons (Fsp3) is 0.571. The Hall–Kier alpha value is -1.16. The van der Waals surface area contributed by atoms with Gasteiger partial charge in [0.15, 0.2) is 5.79 Å². The Morgan fingerprint density at radius 3 is 2.60 bits per heavy atom. The van der Waals surface area contributed by atoms with Crippen molar-refractivity contribution >= 4 is 29.3 Å². The molecular formula is C21H26ClFO6S. The third-order valence-corrected chi connectivity index (χ3v) is 7.04. The molecule has 1 saturated heterocycles. The molecule has 1 aliphatic carbocycles. The van der Waals surface area contributed by atoms with Crippen molar-refractivity contribution in [2.45, 2.75) is 55.2 Å². The number of rotatable bonds is 7. The van der Waals surface area contributed by atoms with Crippen LogP contribution in [0.1, 0.15) is 37.5 Å². The van der Waals surface area contributed by atoms with Gasteiger partial charge in [-0.25, -0.2) is 9.18 Å². The number of benzene rings is 1. The van der Waals surface area contributed by atoms with Crippen LogP contribution in [0.4, 0.5) is 4.39 Å². The van der Waals surface area contributed by atoms with E-state index in [1.807, 2.05) is 6.92 Å². The summed E-state index contributed by atoms with van der Waals surface area (Å²) in [5.41, 5.74) is 1.19. The highest BCUT2D eigenvalue weighted by atomic mass is 35.5. The first kappa shape index (κ1) is 23.5. The first-order valence-corrected chi connectivity index (χ1v) is 11.2. The lowest BCUT2D eigenvalue weighted by atomic mass is 9.94. The van der Waals surface area contributed by atoms with Gasteiger partial charge in [0, 0.05) is 21.9 Å². The van der Waals surface area contributed by atoms with Crippen molar-refractivity contribution in [2.75, 3.05) is 19.8 Å². The van der Waals surface area contributed by atoms with Gasteiger partial charge >= 0.3 is 5.97 Å². The monoisotopic (exact) mass is 460 g/mol. The molecule has 3 rings (SSSR count). The van der Waals surface area contributed by atoms with Crippen LogP contribution in [0.3, 0.4) is 0 Å². The van der Waals surface area contributed by atoms with Crippen LogP contribution in [-0.4, -0.2) is 59.2 Å². The SMILES string of the molecule is CCOC(=O)C1=CC2(CCC1SC(C)c1ccc(F)cc1Cl)O[C@H](CO)[C@@H](CO)O2. The van der Waals surface area contributed by atoms with E-state index >= 15 is 0 Å². The quantitative estimate of drug-likeness (QED) is 0.603. The maximum absolute atomic E-state index is 13.4. The molecule has 2 unspecified atom stereocenters. The van der Waals surface area contributed by atoms with E-state index in [0.29, 0.717) is 23.4 Å². The van der Waals surface area contributed by atoms with Crippen LogP contribution in [0.25, 0.3) is 0 Å². The molecule has 1 aromatic carbocycles. The first-order chi connectivity index (χ1) is 14.3. The summed E-state index contributed by atoms with van der Waals surface area (Å²) in [4.78, 5) is 12.7. The Balaban J connectivity index is 1.85.